The van der Waals surface area contributed by atoms with Gasteiger partial charge in [-0.05, 0) is 17.7 Å². The third kappa shape index (κ3) is 2.95. The highest BCUT2D eigenvalue weighted by Gasteiger charge is 2.25. The third-order valence-electron chi connectivity index (χ3n) is 2.45. The minimum absolute atomic E-state index is 0.0877. The number of hydrogen-bond acceptors (Lipinski definition) is 5. The number of carbonyl (C=O) groups excluding carboxylic acids is 3. The van der Waals surface area contributed by atoms with Crippen LogP contribution in [0.2, 0.25) is 0 Å². The highest BCUT2D eigenvalue weighted by Crippen LogP contribution is 2.05. The van der Waals surface area contributed by atoms with Gasteiger partial charge in [-0.3, -0.25) is 10.1 Å². The van der Waals surface area contributed by atoms with Crippen LogP contribution < -0.4 is 5.32 Å². The predicted molar refractivity (Wildman–Crippen MR) is 65.6 cm³/mol. The molecule has 19 heavy (non-hydrogen) atoms. The molecule has 7 nitrogen and oxygen atoms in total. The number of ether oxygens (including phenoxy) is 1. The van der Waals surface area contributed by atoms with Crippen molar-refractivity contribution >= 4 is 24.1 Å². The van der Waals surface area contributed by atoms with Gasteiger partial charge >= 0.3 is 12.0 Å². The van der Waals surface area contributed by atoms with Crippen molar-refractivity contribution in [2.45, 2.75) is 0 Å². The molecule has 0 aromatic heterocycles. The summed E-state index contributed by atoms with van der Waals surface area (Å²) in [6.45, 7) is -0.0877. The molecule has 2 rings (SSSR count). The normalized spacial score (nSPS) is 14.9. The van der Waals surface area contributed by atoms with Crippen LogP contribution in [0.1, 0.15) is 15.9 Å². The van der Waals surface area contributed by atoms with E-state index in [0.29, 0.717) is 11.1 Å². The van der Waals surface area contributed by atoms with E-state index in [4.69, 9.17) is 0 Å². The standard InChI is InChI=1S/C12H11N3O4/c1-19-11(17)9-4-2-8(3-5-9)6-13-15-7-10(16)14-12(15)18/h2-6H,7H2,1H3,(H,14,16,18)/b13-6+. The molecule has 0 aliphatic carbocycles. The Morgan fingerprint density at radius 2 is 2.05 bits per heavy atom. The molecular formula is C12H11N3O4. The summed E-state index contributed by atoms with van der Waals surface area (Å²) >= 11 is 0. The zero-order valence-corrected chi connectivity index (χ0v) is 10.1. The first-order valence-corrected chi connectivity index (χ1v) is 5.44. The molecule has 1 saturated heterocycles. The number of benzene rings is 1. The summed E-state index contributed by atoms with van der Waals surface area (Å²) in [7, 11) is 1.31. The SMILES string of the molecule is COC(=O)c1ccc(/C=N/N2CC(=O)NC2=O)cc1. The number of hydrazone groups is 1. The van der Waals surface area contributed by atoms with Gasteiger partial charge in [0.15, 0.2) is 0 Å². The predicted octanol–water partition coefficient (Wildman–Crippen LogP) is 0.359. The zero-order chi connectivity index (χ0) is 13.8. The van der Waals surface area contributed by atoms with E-state index in [1.807, 2.05) is 0 Å². The monoisotopic (exact) mass is 261 g/mol. The molecule has 3 amide bonds. The fourth-order valence-electron chi connectivity index (χ4n) is 1.48. The fourth-order valence-corrected chi connectivity index (χ4v) is 1.48. The van der Waals surface area contributed by atoms with Gasteiger partial charge in [0.2, 0.25) is 5.91 Å². The first-order chi connectivity index (χ1) is 9.10. The lowest BCUT2D eigenvalue weighted by atomic mass is 10.1. The van der Waals surface area contributed by atoms with Gasteiger partial charge in [-0.15, -0.1) is 0 Å². The number of rotatable bonds is 3. The van der Waals surface area contributed by atoms with E-state index in [-0.39, 0.29) is 12.5 Å². The van der Waals surface area contributed by atoms with Crippen molar-refractivity contribution in [2.24, 2.45) is 5.10 Å². The molecule has 1 aliphatic rings. The zero-order valence-electron chi connectivity index (χ0n) is 10.1. The molecule has 0 bridgehead atoms. The maximum absolute atomic E-state index is 11.2. The number of carbonyl (C=O) groups is 3. The highest BCUT2D eigenvalue weighted by molar-refractivity contribution is 6.02. The molecule has 7 heteroatoms. The quantitative estimate of drug-likeness (QED) is 0.483. The van der Waals surface area contributed by atoms with Crippen molar-refractivity contribution in [3.05, 3.63) is 35.4 Å². The molecule has 1 aromatic carbocycles. The van der Waals surface area contributed by atoms with Crippen LogP contribution in [0.4, 0.5) is 4.79 Å². The van der Waals surface area contributed by atoms with E-state index in [0.717, 1.165) is 5.01 Å². The minimum Gasteiger partial charge on any atom is -0.465 e. The van der Waals surface area contributed by atoms with Crippen molar-refractivity contribution in [3.8, 4) is 0 Å². The van der Waals surface area contributed by atoms with Crippen molar-refractivity contribution in [1.29, 1.82) is 0 Å². The van der Waals surface area contributed by atoms with Gasteiger partial charge < -0.3 is 4.74 Å². The lowest BCUT2D eigenvalue weighted by molar-refractivity contribution is -0.118. The lowest BCUT2D eigenvalue weighted by Crippen LogP contribution is -2.24. The fraction of sp³-hybridized carbons (Fsp3) is 0.167. The van der Waals surface area contributed by atoms with Gasteiger partial charge in [-0.2, -0.15) is 5.10 Å². The molecule has 1 N–H and O–H groups in total. The van der Waals surface area contributed by atoms with Gasteiger partial charge in [-0.25, -0.2) is 14.6 Å². The Labute approximate surface area is 108 Å². The van der Waals surface area contributed by atoms with Crippen LogP contribution in [0.25, 0.3) is 0 Å². The van der Waals surface area contributed by atoms with Crippen LogP contribution in [0.5, 0.6) is 0 Å². The van der Waals surface area contributed by atoms with Crippen LogP contribution in [0.3, 0.4) is 0 Å². The summed E-state index contributed by atoms with van der Waals surface area (Å²) in [5.74, 6) is -0.809. The Hall–Kier alpha value is -2.70. The summed E-state index contributed by atoms with van der Waals surface area (Å²) in [6.07, 6.45) is 1.43. The highest BCUT2D eigenvalue weighted by atomic mass is 16.5. The molecule has 1 fully saturated rings. The number of nitrogens with zero attached hydrogens (tertiary/aromatic N) is 2. The van der Waals surface area contributed by atoms with Crippen molar-refractivity contribution in [3.63, 3.8) is 0 Å². The summed E-state index contributed by atoms with van der Waals surface area (Å²) < 4.78 is 4.57. The number of nitrogens with one attached hydrogen (secondary N) is 1. The van der Waals surface area contributed by atoms with Crippen LogP contribution in [0.15, 0.2) is 29.4 Å². The van der Waals surface area contributed by atoms with Crippen molar-refractivity contribution < 1.29 is 19.1 Å². The molecule has 1 aromatic rings. The summed E-state index contributed by atoms with van der Waals surface area (Å²) in [6, 6.07) is 5.94. The maximum atomic E-state index is 11.2. The minimum atomic E-state index is -0.549. The average Bonchev–Trinajstić information content (AvgIpc) is 2.74. The van der Waals surface area contributed by atoms with Gasteiger partial charge in [0, 0.05) is 0 Å². The largest absolute Gasteiger partial charge is 0.465 e. The van der Waals surface area contributed by atoms with Crippen molar-refractivity contribution in [1.82, 2.24) is 10.3 Å². The van der Waals surface area contributed by atoms with Crippen LogP contribution in [-0.4, -0.2) is 42.8 Å². The number of esters is 1. The van der Waals surface area contributed by atoms with Crippen molar-refractivity contribution in [2.75, 3.05) is 13.7 Å². The maximum Gasteiger partial charge on any atom is 0.344 e. The first kappa shape index (κ1) is 12.7. The second-order valence-electron chi connectivity index (χ2n) is 3.77. The number of methoxy groups -OCH3 is 1. The summed E-state index contributed by atoms with van der Waals surface area (Å²) in [5.41, 5.74) is 1.12. The smallest absolute Gasteiger partial charge is 0.344 e. The number of hydrogen-bond donors (Lipinski definition) is 1. The molecular weight excluding hydrogens is 250 g/mol. The molecule has 98 valence electrons. The van der Waals surface area contributed by atoms with E-state index < -0.39 is 12.0 Å². The molecule has 0 saturated carbocycles. The topological polar surface area (TPSA) is 88.1 Å². The van der Waals surface area contributed by atoms with Crippen LogP contribution >= 0.6 is 0 Å². The molecule has 0 atom stereocenters. The average molecular weight is 261 g/mol. The summed E-state index contributed by atoms with van der Waals surface area (Å²) in [5, 5.41) is 7.01. The van der Waals surface area contributed by atoms with Gasteiger partial charge in [0.05, 0.1) is 18.9 Å². The van der Waals surface area contributed by atoms with Gasteiger partial charge in [0.25, 0.3) is 0 Å². The second kappa shape index (κ2) is 5.30. The van der Waals surface area contributed by atoms with E-state index in [2.05, 4.69) is 15.2 Å². The third-order valence-corrected chi connectivity index (χ3v) is 2.45. The van der Waals surface area contributed by atoms with Crippen LogP contribution in [0, 0.1) is 0 Å². The Kier molecular flexibility index (Phi) is 3.56. The Morgan fingerprint density at radius 1 is 1.37 bits per heavy atom. The molecule has 1 heterocycles. The lowest BCUT2D eigenvalue weighted by Gasteiger charge is -2.04. The van der Waals surface area contributed by atoms with Gasteiger partial charge in [-0.1, -0.05) is 12.1 Å². The van der Waals surface area contributed by atoms with Crippen LogP contribution in [-0.2, 0) is 9.53 Å². The number of amides is 3. The molecule has 0 spiro atoms. The van der Waals surface area contributed by atoms with E-state index >= 15 is 0 Å². The van der Waals surface area contributed by atoms with E-state index in [9.17, 15) is 14.4 Å². The van der Waals surface area contributed by atoms with E-state index in [1.165, 1.54) is 13.3 Å². The molecule has 0 radical (unpaired) electrons. The number of urea groups is 1. The van der Waals surface area contributed by atoms with E-state index in [1.54, 1.807) is 24.3 Å². The summed E-state index contributed by atoms with van der Waals surface area (Å²) in [4.78, 5) is 33.4. The first-order valence-electron chi connectivity index (χ1n) is 5.44. The second-order valence-corrected chi connectivity index (χ2v) is 3.77. The molecule has 1 aliphatic heterocycles. The Morgan fingerprint density at radius 3 is 2.58 bits per heavy atom. The number of imide groups is 1. The van der Waals surface area contributed by atoms with Gasteiger partial charge in [0.1, 0.15) is 6.54 Å². The molecule has 0 unspecified atom stereocenters. The Bertz CT molecular complexity index is 551. The Balaban J connectivity index is 2.05.